The Labute approximate surface area is 179 Å². The summed E-state index contributed by atoms with van der Waals surface area (Å²) in [5.41, 5.74) is 10.4. The molecule has 1 saturated heterocycles. The lowest BCUT2D eigenvalue weighted by atomic mass is 9.83. The van der Waals surface area contributed by atoms with Crippen molar-refractivity contribution in [3.63, 3.8) is 0 Å². The van der Waals surface area contributed by atoms with Crippen molar-refractivity contribution in [2.75, 3.05) is 13.1 Å². The number of pyridine rings is 1. The average Bonchev–Trinajstić information content (AvgIpc) is 3.25. The SMILES string of the molecule is CC(C)N1CCC(c2ccc(-c3cnc(C4CCC(O)CC4)c(C(N)=O)c3)cc2)C1. The Morgan fingerprint density at radius 2 is 1.77 bits per heavy atom. The Hall–Kier alpha value is -2.24. The number of carbonyl (C=O) groups is 1. The van der Waals surface area contributed by atoms with Gasteiger partial charge in [0.2, 0.25) is 0 Å². The van der Waals surface area contributed by atoms with E-state index in [1.807, 2.05) is 12.3 Å². The summed E-state index contributed by atoms with van der Waals surface area (Å²) in [6.07, 6.45) is 6.03. The van der Waals surface area contributed by atoms with Crippen LogP contribution in [0.1, 0.15) is 79.4 Å². The molecule has 2 aliphatic rings. The Balaban J connectivity index is 1.54. The van der Waals surface area contributed by atoms with Gasteiger partial charge >= 0.3 is 0 Å². The number of aromatic nitrogens is 1. The number of rotatable bonds is 5. The lowest BCUT2D eigenvalue weighted by molar-refractivity contribution is 0.0996. The van der Waals surface area contributed by atoms with Crippen LogP contribution in [0, 0.1) is 0 Å². The third-order valence-electron chi connectivity index (χ3n) is 6.93. The number of amides is 1. The highest BCUT2D eigenvalue weighted by molar-refractivity contribution is 5.95. The van der Waals surface area contributed by atoms with Gasteiger partial charge in [-0.1, -0.05) is 24.3 Å². The largest absolute Gasteiger partial charge is 0.393 e. The highest BCUT2D eigenvalue weighted by Crippen LogP contribution is 2.35. The maximum absolute atomic E-state index is 12.2. The van der Waals surface area contributed by atoms with Gasteiger partial charge in [0.1, 0.15) is 0 Å². The number of nitrogens with two attached hydrogens (primary N) is 1. The number of aliphatic hydroxyl groups excluding tert-OH is 1. The fourth-order valence-electron chi connectivity index (χ4n) is 4.98. The standard InChI is InChI=1S/C25H33N3O2/c1-16(2)28-12-11-20(15-28)17-3-5-18(6-4-17)21-13-23(25(26)30)24(27-14-21)19-7-9-22(29)10-8-19/h3-6,13-14,16,19-20,22,29H,7-12,15H2,1-2H3,(H2,26,30). The topological polar surface area (TPSA) is 79.4 Å². The minimum Gasteiger partial charge on any atom is -0.393 e. The first-order chi connectivity index (χ1) is 14.4. The zero-order chi connectivity index (χ0) is 21.3. The molecule has 0 bridgehead atoms. The van der Waals surface area contributed by atoms with E-state index in [1.165, 1.54) is 12.0 Å². The van der Waals surface area contributed by atoms with Crippen LogP contribution < -0.4 is 5.73 Å². The molecule has 2 heterocycles. The third-order valence-corrected chi connectivity index (χ3v) is 6.93. The average molecular weight is 408 g/mol. The van der Waals surface area contributed by atoms with Crippen molar-refractivity contribution < 1.29 is 9.90 Å². The predicted octanol–water partition coefficient (Wildman–Crippen LogP) is 4.06. The van der Waals surface area contributed by atoms with Gasteiger partial charge in [-0.05, 0) is 75.6 Å². The molecule has 0 spiro atoms. The van der Waals surface area contributed by atoms with E-state index >= 15 is 0 Å². The van der Waals surface area contributed by atoms with Crippen LogP contribution in [-0.2, 0) is 0 Å². The molecule has 5 nitrogen and oxygen atoms in total. The maximum atomic E-state index is 12.2. The maximum Gasteiger partial charge on any atom is 0.250 e. The van der Waals surface area contributed by atoms with Crippen LogP contribution in [0.4, 0.5) is 0 Å². The van der Waals surface area contributed by atoms with E-state index in [0.717, 1.165) is 55.6 Å². The summed E-state index contributed by atoms with van der Waals surface area (Å²) in [6, 6.07) is 11.2. The normalized spacial score (nSPS) is 25.0. The molecular formula is C25H33N3O2. The number of primary amides is 1. The zero-order valence-electron chi connectivity index (χ0n) is 18.1. The third kappa shape index (κ3) is 4.42. The molecule has 30 heavy (non-hydrogen) atoms. The summed E-state index contributed by atoms with van der Waals surface area (Å²) in [4.78, 5) is 19.4. The van der Waals surface area contributed by atoms with Crippen LogP contribution in [0.3, 0.4) is 0 Å². The highest BCUT2D eigenvalue weighted by Gasteiger charge is 2.27. The molecule has 2 fully saturated rings. The Morgan fingerprint density at radius 3 is 2.37 bits per heavy atom. The van der Waals surface area contributed by atoms with Gasteiger partial charge < -0.3 is 15.7 Å². The molecule has 1 aliphatic heterocycles. The smallest absolute Gasteiger partial charge is 0.250 e. The monoisotopic (exact) mass is 407 g/mol. The van der Waals surface area contributed by atoms with Crippen LogP contribution in [0.2, 0.25) is 0 Å². The Morgan fingerprint density at radius 1 is 1.07 bits per heavy atom. The van der Waals surface area contributed by atoms with Gasteiger partial charge in [-0.2, -0.15) is 0 Å². The molecule has 1 unspecified atom stereocenters. The summed E-state index contributed by atoms with van der Waals surface area (Å²) in [5.74, 6) is 0.352. The minimum absolute atomic E-state index is 0.193. The van der Waals surface area contributed by atoms with Gasteiger partial charge in [0.25, 0.3) is 5.91 Å². The van der Waals surface area contributed by atoms with Crippen LogP contribution in [0.15, 0.2) is 36.5 Å². The lowest BCUT2D eigenvalue weighted by Crippen LogP contribution is -2.27. The number of hydrogen-bond acceptors (Lipinski definition) is 4. The van der Waals surface area contributed by atoms with Crippen molar-refractivity contribution in [3.8, 4) is 11.1 Å². The summed E-state index contributed by atoms with van der Waals surface area (Å²) in [6.45, 7) is 6.80. The number of likely N-dealkylation sites (tertiary alicyclic amines) is 1. The van der Waals surface area contributed by atoms with Crippen molar-refractivity contribution >= 4 is 5.91 Å². The van der Waals surface area contributed by atoms with Crippen molar-refractivity contribution in [3.05, 3.63) is 53.3 Å². The number of aliphatic hydroxyl groups is 1. The first-order valence-electron chi connectivity index (χ1n) is 11.2. The first kappa shape index (κ1) is 21.0. The zero-order valence-corrected chi connectivity index (χ0v) is 18.1. The number of carbonyl (C=O) groups excluding carboxylic acids is 1. The van der Waals surface area contributed by atoms with Crippen LogP contribution in [0.5, 0.6) is 0 Å². The van der Waals surface area contributed by atoms with Crippen LogP contribution in [-0.4, -0.2) is 46.1 Å². The van der Waals surface area contributed by atoms with Crippen molar-refractivity contribution in [2.45, 2.75) is 69.9 Å². The molecule has 1 aromatic carbocycles. The van der Waals surface area contributed by atoms with E-state index in [2.05, 4.69) is 48.0 Å². The molecule has 0 radical (unpaired) electrons. The summed E-state index contributed by atoms with van der Waals surface area (Å²) in [5, 5.41) is 9.77. The van der Waals surface area contributed by atoms with E-state index in [-0.39, 0.29) is 12.0 Å². The molecule has 4 rings (SSSR count). The minimum atomic E-state index is -0.429. The van der Waals surface area contributed by atoms with E-state index < -0.39 is 5.91 Å². The second-order valence-corrected chi connectivity index (χ2v) is 9.22. The lowest BCUT2D eigenvalue weighted by Gasteiger charge is -2.26. The summed E-state index contributed by atoms with van der Waals surface area (Å²) < 4.78 is 0. The highest BCUT2D eigenvalue weighted by atomic mass is 16.3. The van der Waals surface area contributed by atoms with Crippen LogP contribution in [0.25, 0.3) is 11.1 Å². The molecule has 1 aromatic heterocycles. The van der Waals surface area contributed by atoms with Crippen molar-refractivity contribution in [1.82, 2.24) is 9.88 Å². The molecule has 1 saturated carbocycles. The molecule has 2 aromatic rings. The second kappa shape index (κ2) is 8.86. The van der Waals surface area contributed by atoms with Gasteiger partial charge in [0.15, 0.2) is 0 Å². The second-order valence-electron chi connectivity index (χ2n) is 9.22. The number of hydrogen-bond donors (Lipinski definition) is 2. The van der Waals surface area contributed by atoms with E-state index in [9.17, 15) is 9.90 Å². The van der Waals surface area contributed by atoms with Gasteiger partial charge in [0, 0.05) is 30.3 Å². The van der Waals surface area contributed by atoms with Gasteiger partial charge in [-0.15, -0.1) is 0 Å². The Kier molecular flexibility index (Phi) is 6.21. The fraction of sp³-hybridized carbons (Fsp3) is 0.520. The molecule has 1 aliphatic carbocycles. The van der Waals surface area contributed by atoms with Gasteiger partial charge in [-0.25, -0.2) is 0 Å². The van der Waals surface area contributed by atoms with Crippen molar-refractivity contribution in [1.29, 1.82) is 0 Å². The quantitative estimate of drug-likeness (QED) is 0.783. The Bertz CT molecular complexity index is 886. The van der Waals surface area contributed by atoms with Gasteiger partial charge in [0.05, 0.1) is 17.4 Å². The van der Waals surface area contributed by atoms with E-state index in [0.29, 0.717) is 17.5 Å². The molecule has 160 valence electrons. The molecule has 1 amide bonds. The number of nitrogens with zero attached hydrogens (tertiary/aromatic N) is 2. The summed E-state index contributed by atoms with van der Waals surface area (Å²) >= 11 is 0. The van der Waals surface area contributed by atoms with E-state index in [1.54, 1.807) is 0 Å². The van der Waals surface area contributed by atoms with Gasteiger partial charge in [-0.3, -0.25) is 9.78 Å². The fourth-order valence-corrected chi connectivity index (χ4v) is 4.98. The van der Waals surface area contributed by atoms with Crippen molar-refractivity contribution in [2.24, 2.45) is 5.73 Å². The summed E-state index contributed by atoms with van der Waals surface area (Å²) in [7, 11) is 0. The molecular weight excluding hydrogens is 374 g/mol. The predicted molar refractivity (Wildman–Crippen MR) is 119 cm³/mol. The van der Waals surface area contributed by atoms with Crippen LogP contribution >= 0.6 is 0 Å². The molecule has 3 N–H and O–H groups in total. The van der Waals surface area contributed by atoms with E-state index in [4.69, 9.17) is 5.73 Å². The molecule has 1 atom stereocenters. The number of benzene rings is 1. The molecule has 5 heteroatoms. The first-order valence-corrected chi connectivity index (χ1v) is 11.2.